The first-order valence-electron chi connectivity index (χ1n) is 6.88. The van der Waals surface area contributed by atoms with E-state index in [9.17, 15) is 4.79 Å². The minimum Gasteiger partial charge on any atom is -0.478 e. The van der Waals surface area contributed by atoms with E-state index in [2.05, 4.69) is 30.9 Å². The molecule has 0 fully saturated rings. The molecule has 0 radical (unpaired) electrons. The lowest BCUT2D eigenvalue weighted by atomic mass is 10.1. The molecule has 0 spiro atoms. The number of benzene rings is 1. The average molecular weight is 261 g/mol. The van der Waals surface area contributed by atoms with Crippen LogP contribution in [0.25, 0.3) is 6.08 Å². The maximum absolute atomic E-state index is 10.5. The SMILES string of the molecule is CCCN(CCC)Cc1cccc(/C=C/C(=O)O)c1. The summed E-state index contributed by atoms with van der Waals surface area (Å²) in [5, 5.41) is 8.63. The third-order valence-corrected chi connectivity index (χ3v) is 2.86. The molecule has 0 aliphatic carbocycles. The van der Waals surface area contributed by atoms with Crippen molar-refractivity contribution in [3.05, 3.63) is 41.5 Å². The Bertz CT molecular complexity index is 421. The summed E-state index contributed by atoms with van der Waals surface area (Å²) in [7, 11) is 0. The molecule has 0 heterocycles. The van der Waals surface area contributed by atoms with Crippen molar-refractivity contribution in [3.8, 4) is 0 Å². The van der Waals surface area contributed by atoms with Gasteiger partial charge in [-0.3, -0.25) is 4.90 Å². The molecule has 0 atom stereocenters. The Balaban J connectivity index is 2.72. The first-order chi connectivity index (χ1) is 9.15. The highest BCUT2D eigenvalue weighted by molar-refractivity contribution is 5.85. The predicted molar refractivity (Wildman–Crippen MR) is 79.0 cm³/mol. The van der Waals surface area contributed by atoms with Crippen molar-refractivity contribution in [2.24, 2.45) is 0 Å². The monoisotopic (exact) mass is 261 g/mol. The topological polar surface area (TPSA) is 40.5 Å². The zero-order chi connectivity index (χ0) is 14.1. The van der Waals surface area contributed by atoms with Crippen LogP contribution in [-0.2, 0) is 11.3 Å². The Morgan fingerprint density at radius 2 is 1.95 bits per heavy atom. The molecule has 0 unspecified atom stereocenters. The van der Waals surface area contributed by atoms with E-state index >= 15 is 0 Å². The Hall–Kier alpha value is -1.61. The zero-order valence-corrected chi connectivity index (χ0v) is 11.8. The molecule has 0 amide bonds. The van der Waals surface area contributed by atoms with Gasteiger partial charge in [-0.25, -0.2) is 4.79 Å². The van der Waals surface area contributed by atoms with Crippen LogP contribution in [0.4, 0.5) is 0 Å². The summed E-state index contributed by atoms with van der Waals surface area (Å²) in [6.07, 6.45) is 5.11. The molecule has 3 nitrogen and oxygen atoms in total. The largest absolute Gasteiger partial charge is 0.478 e. The van der Waals surface area contributed by atoms with Gasteiger partial charge in [-0.2, -0.15) is 0 Å². The van der Waals surface area contributed by atoms with E-state index in [1.165, 1.54) is 11.6 Å². The highest BCUT2D eigenvalue weighted by Crippen LogP contribution is 2.10. The molecule has 1 aromatic carbocycles. The highest BCUT2D eigenvalue weighted by atomic mass is 16.4. The lowest BCUT2D eigenvalue weighted by Gasteiger charge is -2.21. The summed E-state index contributed by atoms with van der Waals surface area (Å²) in [5.74, 6) is -0.913. The van der Waals surface area contributed by atoms with Crippen LogP contribution in [0.5, 0.6) is 0 Å². The quantitative estimate of drug-likeness (QED) is 0.729. The smallest absolute Gasteiger partial charge is 0.328 e. The van der Waals surface area contributed by atoms with E-state index < -0.39 is 5.97 Å². The number of aliphatic carboxylic acids is 1. The van der Waals surface area contributed by atoms with Crippen molar-refractivity contribution in [1.29, 1.82) is 0 Å². The minimum atomic E-state index is -0.913. The molecule has 0 bridgehead atoms. The van der Waals surface area contributed by atoms with E-state index in [1.807, 2.05) is 12.1 Å². The summed E-state index contributed by atoms with van der Waals surface area (Å²) in [6, 6.07) is 8.05. The van der Waals surface area contributed by atoms with Crippen molar-refractivity contribution in [2.75, 3.05) is 13.1 Å². The molecule has 0 aliphatic heterocycles. The third kappa shape index (κ3) is 6.20. The molecule has 0 saturated heterocycles. The summed E-state index contributed by atoms with van der Waals surface area (Å²) in [5.41, 5.74) is 2.17. The number of rotatable bonds is 8. The lowest BCUT2D eigenvalue weighted by molar-refractivity contribution is -0.131. The molecule has 1 N–H and O–H groups in total. The number of hydrogen-bond donors (Lipinski definition) is 1. The van der Waals surface area contributed by atoms with Gasteiger partial charge in [0.2, 0.25) is 0 Å². The van der Waals surface area contributed by atoms with Crippen molar-refractivity contribution in [1.82, 2.24) is 4.90 Å². The van der Waals surface area contributed by atoms with Crippen molar-refractivity contribution < 1.29 is 9.90 Å². The van der Waals surface area contributed by atoms with Gasteiger partial charge in [0, 0.05) is 12.6 Å². The Morgan fingerprint density at radius 1 is 1.26 bits per heavy atom. The molecule has 1 rings (SSSR count). The lowest BCUT2D eigenvalue weighted by Crippen LogP contribution is -2.24. The summed E-state index contributed by atoms with van der Waals surface area (Å²) in [4.78, 5) is 12.9. The van der Waals surface area contributed by atoms with E-state index in [0.717, 1.165) is 38.0 Å². The van der Waals surface area contributed by atoms with Crippen LogP contribution in [0.15, 0.2) is 30.3 Å². The van der Waals surface area contributed by atoms with Gasteiger partial charge in [0.15, 0.2) is 0 Å². The Labute approximate surface area is 115 Å². The zero-order valence-electron chi connectivity index (χ0n) is 11.8. The van der Waals surface area contributed by atoms with Crippen molar-refractivity contribution in [3.63, 3.8) is 0 Å². The molecule has 0 aromatic heterocycles. The van der Waals surface area contributed by atoms with Gasteiger partial charge in [0.25, 0.3) is 0 Å². The normalized spacial score (nSPS) is 11.3. The van der Waals surface area contributed by atoms with Crippen molar-refractivity contribution in [2.45, 2.75) is 33.2 Å². The fourth-order valence-electron chi connectivity index (χ4n) is 2.12. The number of carboxylic acid groups (broad SMARTS) is 1. The van der Waals surface area contributed by atoms with Crippen LogP contribution in [0.1, 0.15) is 37.8 Å². The molecule has 104 valence electrons. The maximum atomic E-state index is 10.5. The number of carbonyl (C=O) groups is 1. The van der Waals surface area contributed by atoms with Gasteiger partial charge >= 0.3 is 5.97 Å². The van der Waals surface area contributed by atoms with Gasteiger partial charge in [-0.05, 0) is 43.1 Å². The summed E-state index contributed by atoms with van der Waals surface area (Å²) < 4.78 is 0. The van der Waals surface area contributed by atoms with Crippen LogP contribution in [0.3, 0.4) is 0 Å². The van der Waals surface area contributed by atoms with Crippen LogP contribution in [0.2, 0.25) is 0 Å². The fourth-order valence-corrected chi connectivity index (χ4v) is 2.12. The van der Waals surface area contributed by atoms with Gasteiger partial charge in [0.05, 0.1) is 0 Å². The van der Waals surface area contributed by atoms with E-state index in [1.54, 1.807) is 6.08 Å². The van der Waals surface area contributed by atoms with Gasteiger partial charge in [-0.15, -0.1) is 0 Å². The first kappa shape index (κ1) is 15.4. The molecule has 0 aliphatic rings. The van der Waals surface area contributed by atoms with Crippen LogP contribution in [0, 0.1) is 0 Å². The second kappa shape index (κ2) is 8.48. The third-order valence-electron chi connectivity index (χ3n) is 2.86. The first-order valence-corrected chi connectivity index (χ1v) is 6.88. The Morgan fingerprint density at radius 3 is 2.53 bits per heavy atom. The van der Waals surface area contributed by atoms with E-state index in [0.29, 0.717) is 0 Å². The van der Waals surface area contributed by atoms with Gasteiger partial charge in [-0.1, -0.05) is 38.1 Å². The number of carboxylic acids is 1. The predicted octanol–water partition coefficient (Wildman–Crippen LogP) is 3.41. The average Bonchev–Trinajstić information content (AvgIpc) is 2.37. The van der Waals surface area contributed by atoms with Crippen LogP contribution in [-0.4, -0.2) is 29.1 Å². The molecular weight excluding hydrogens is 238 g/mol. The van der Waals surface area contributed by atoms with Crippen molar-refractivity contribution >= 4 is 12.0 Å². The molecule has 1 aromatic rings. The molecular formula is C16H23NO2. The van der Waals surface area contributed by atoms with Crippen LogP contribution >= 0.6 is 0 Å². The number of nitrogens with zero attached hydrogens (tertiary/aromatic N) is 1. The van der Waals surface area contributed by atoms with Crippen LogP contribution < -0.4 is 0 Å². The molecule has 19 heavy (non-hydrogen) atoms. The second-order valence-electron chi connectivity index (χ2n) is 4.69. The molecule has 3 heteroatoms. The number of hydrogen-bond acceptors (Lipinski definition) is 2. The summed E-state index contributed by atoms with van der Waals surface area (Å²) in [6.45, 7) is 7.51. The van der Waals surface area contributed by atoms with E-state index in [-0.39, 0.29) is 0 Å². The summed E-state index contributed by atoms with van der Waals surface area (Å²) >= 11 is 0. The molecule has 0 saturated carbocycles. The highest BCUT2D eigenvalue weighted by Gasteiger charge is 2.04. The fraction of sp³-hybridized carbons (Fsp3) is 0.438. The minimum absolute atomic E-state index is 0.913. The second-order valence-corrected chi connectivity index (χ2v) is 4.69. The Kier molecular flexibility index (Phi) is 6.90. The van der Waals surface area contributed by atoms with Gasteiger partial charge in [0.1, 0.15) is 0 Å². The standard InChI is InChI=1S/C16H23NO2/c1-3-10-17(11-4-2)13-15-7-5-6-14(12-15)8-9-16(18)19/h5-9,12H,3-4,10-11,13H2,1-2H3,(H,18,19)/b9-8+. The van der Waals surface area contributed by atoms with E-state index in [4.69, 9.17) is 5.11 Å². The maximum Gasteiger partial charge on any atom is 0.328 e. The van der Waals surface area contributed by atoms with Gasteiger partial charge < -0.3 is 5.11 Å².